The summed E-state index contributed by atoms with van der Waals surface area (Å²) in [4.78, 5) is 52.5. The van der Waals surface area contributed by atoms with Crippen molar-refractivity contribution in [1.29, 1.82) is 0 Å². The van der Waals surface area contributed by atoms with E-state index in [0.29, 0.717) is 55.9 Å². The highest BCUT2D eigenvalue weighted by molar-refractivity contribution is 5.99. The van der Waals surface area contributed by atoms with Crippen molar-refractivity contribution < 1.29 is 18.7 Å². The van der Waals surface area contributed by atoms with Crippen molar-refractivity contribution in [3.8, 4) is 5.75 Å². The van der Waals surface area contributed by atoms with Crippen molar-refractivity contribution in [2.45, 2.75) is 59.4 Å². The number of nitrogens with one attached hydrogen (secondary N) is 3. The van der Waals surface area contributed by atoms with Gasteiger partial charge in [0.1, 0.15) is 22.9 Å². The molecule has 2 aliphatic heterocycles. The Morgan fingerprint density at radius 2 is 1.77 bits per heavy atom. The highest BCUT2D eigenvalue weighted by Gasteiger charge is 2.45. The van der Waals surface area contributed by atoms with Crippen LogP contribution in [0.5, 0.6) is 5.75 Å². The van der Waals surface area contributed by atoms with Crippen molar-refractivity contribution in [2.75, 3.05) is 37.4 Å². The van der Waals surface area contributed by atoms with E-state index in [-0.39, 0.29) is 40.4 Å². The molecule has 2 aliphatic rings. The zero-order valence-corrected chi connectivity index (χ0v) is 23.8. The van der Waals surface area contributed by atoms with Crippen LogP contribution in [-0.2, 0) is 4.79 Å². The van der Waals surface area contributed by atoms with Gasteiger partial charge < -0.3 is 30.0 Å². The molecule has 0 bridgehead atoms. The maximum Gasteiger partial charge on any atom is 0.257 e. The van der Waals surface area contributed by atoms with Gasteiger partial charge >= 0.3 is 0 Å². The maximum atomic E-state index is 13.5. The second-order valence-corrected chi connectivity index (χ2v) is 10.1. The number of piperidine rings is 1. The Kier molecular flexibility index (Phi) is 8.66. The highest BCUT2D eigenvalue weighted by Crippen LogP contribution is 2.40. The molecular weight excluding hydrogens is 512 g/mol. The van der Waals surface area contributed by atoms with E-state index in [1.807, 2.05) is 39.8 Å². The predicted molar refractivity (Wildman–Crippen MR) is 154 cm³/mol. The summed E-state index contributed by atoms with van der Waals surface area (Å²) >= 11 is 0. The average molecular weight is 551 g/mol. The lowest BCUT2D eigenvalue weighted by molar-refractivity contribution is -0.129. The first-order valence-corrected chi connectivity index (χ1v) is 14.0. The number of methoxy groups -OCH3 is 1. The molecule has 10 heteroatoms. The van der Waals surface area contributed by atoms with Gasteiger partial charge in [-0.2, -0.15) is 0 Å². The number of aryl methyl sites for hydroxylation is 1. The molecule has 0 aliphatic carbocycles. The van der Waals surface area contributed by atoms with E-state index in [1.54, 1.807) is 23.1 Å². The van der Waals surface area contributed by atoms with Crippen molar-refractivity contribution in [1.82, 2.24) is 10.2 Å². The number of para-hydroxylation sites is 1. The highest BCUT2D eigenvalue weighted by atomic mass is 16.5. The van der Waals surface area contributed by atoms with Gasteiger partial charge in [0.15, 0.2) is 5.75 Å². The molecule has 2 saturated heterocycles. The summed E-state index contributed by atoms with van der Waals surface area (Å²) in [6.07, 6.45) is 2.68. The van der Waals surface area contributed by atoms with Crippen LogP contribution < -0.4 is 31.5 Å². The van der Waals surface area contributed by atoms with Gasteiger partial charge in [0.05, 0.1) is 29.8 Å². The number of likely N-dealkylation sites (tertiary alicyclic amines) is 1. The van der Waals surface area contributed by atoms with E-state index in [0.717, 1.165) is 12.2 Å². The van der Waals surface area contributed by atoms with E-state index in [1.165, 1.54) is 7.11 Å². The summed E-state index contributed by atoms with van der Waals surface area (Å²) in [5.41, 5.74) is -0.597. The Bertz CT molecular complexity index is 1440. The summed E-state index contributed by atoms with van der Waals surface area (Å²) in [5, 5.41) is 9.08. The predicted octanol–water partition coefficient (Wildman–Crippen LogP) is 4.27. The SMILES string of the molecule is CC.CC[C@@H](Nc1c(Nc2cccc(C(=O)N3CCC4(CCNC4=O)CC3)c2OC)c(=O)c1=O)c1ccc(C)o1. The first-order chi connectivity index (χ1) is 19.3. The van der Waals surface area contributed by atoms with Crippen LogP contribution in [0.2, 0.25) is 0 Å². The smallest absolute Gasteiger partial charge is 0.257 e. The molecule has 3 heterocycles. The van der Waals surface area contributed by atoms with Gasteiger partial charge in [-0.05, 0) is 56.9 Å². The molecule has 2 amide bonds. The van der Waals surface area contributed by atoms with Crippen molar-refractivity contribution >= 4 is 28.9 Å². The first-order valence-electron chi connectivity index (χ1n) is 14.0. The van der Waals surface area contributed by atoms with Crippen LogP contribution in [0, 0.1) is 12.3 Å². The van der Waals surface area contributed by atoms with Crippen molar-refractivity contribution in [3.63, 3.8) is 0 Å². The number of anilines is 3. The quantitative estimate of drug-likeness (QED) is 0.355. The van der Waals surface area contributed by atoms with Gasteiger partial charge in [-0.25, -0.2) is 0 Å². The first kappa shape index (κ1) is 28.9. The van der Waals surface area contributed by atoms with Crippen molar-refractivity contribution in [3.05, 3.63) is 67.9 Å². The topological polar surface area (TPSA) is 130 Å². The summed E-state index contributed by atoms with van der Waals surface area (Å²) in [6.45, 7) is 9.43. The molecule has 1 spiro atoms. The minimum absolute atomic E-state index is 0.0817. The van der Waals surface area contributed by atoms with Gasteiger partial charge in [0.2, 0.25) is 5.91 Å². The fourth-order valence-electron chi connectivity index (χ4n) is 5.50. The lowest BCUT2D eigenvalue weighted by Gasteiger charge is -2.37. The minimum atomic E-state index is -0.645. The number of amides is 2. The Morgan fingerprint density at radius 1 is 1.07 bits per heavy atom. The van der Waals surface area contributed by atoms with Gasteiger partial charge in [0, 0.05) is 19.6 Å². The van der Waals surface area contributed by atoms with Crippen LogP contribution in [0.4, 0.5) is 17.1 Å². The van der Waals surface area contributed by atoms with Crippen LogP contribution in [0.15, 0.2) is 44.3 Å². The maximum absolute atomic E-state index is 13.5. The van der Waals surface area contributed by atoms with Crippen LogP contribution in [0.3, 0.4) is 0 Å². The lowest BCUT2D eigenvalue weighted by Crippen LogP contribution is -2.46. The van der Waals surface area contributed by atoms with Gasteiger partial charge in [0.25, 0.3) is 16.8 Å². The minimum Gasteiger partial charge on any atom is -0.494 e. The Morgan fingerprint density at radius 3 is 2.35 bits per heavy atom. The number of hydrogen-bond donors (Lipinski definition) is 3. The molecule has 3 N–H and O–H groups in total. The third-order valence-electron chi connectivity index (χ3n) is 7.83. The van der Waals surface area contributed by atoms with E-state index in [2.05, 4.69) is 16.0 Å². The fraction of sp³-hybridized carbons (Fsp3) is 0.467. The molecule has 2 aromatic carbocycles. The Hall–Kier alpha value is -4.08. The molecule has 1 atom stereocenters. The summed E-state index contributed by atoms with van der Waals surface area (Å²) < 4.78 is 11.3. The van der Waals surface area contributed by atoms with E-state index in [4.69, 9.17) is 9.15 Å². The molecule has 3 aromatic rings. The molecule has 0 unspecified atom stereocenters. The molecule has 1 aromatic heterocycles. The fourth-order valence-corrected chi connectivity index (χ4v) is 5.50. The Labute approximate surface area is 233 Å². The van der Waals surface area contributed by atoms with Gasteiger partial charge in [-0.3, -0.25) is 19.2 Å². The second kappa shape index (κ2) is 12.0. The number of hydrogen-bond acceptors (Lipinski definition) is 8. The lowest BCUT2D eigenvalue weighted by atomic mass is 9.77. The number of carbonyl (C=O) groups excluding carboxylic acids is 2. The van der Waals surface area contributed by atoms with Crippen LogP contribution in [-0.4, -0.2) is 43.5 Å². The number of nitrogens with zero attached hydrogens (tertiary/aromatic N) is 1. The summed E-state index contributed by atoms with van der Waals surface area (Å²) in [7, 11) is 1.46. The van der Waals surface area contributed by atoms with Gasteiger partial charge in [-0.15, -0.1) is 0 Å². The van der Waals surface area contributed by atoms with Crippen LogP contribution in [0.1, 0.15) is 74.4 Å². The molecule has 0 radical (unpaired) electrons. The van der Waals surface area contributed by atoms with Crippen LogP contribution in [0.25, 0.3) is 0 Å². The van der Waals surface area contributed by atoms with E-state index >= 15 is 0 Å². The number of carbonyl (C=O) groups is 2. The van der Waals surface area contributed by atoms with E-state index in [9.17, 15) is 19.2 Å². The zero-order valence-electron chi connectivity index (χ0n) is 23.8. The van der Waals surface area contributed by atoms with Crippen molar-refractivity contribution in [2.24, 2.45) is 5.41 Å². The van der Waals surface area contributed by atoms with E-state index < -0.39 is 10.9 Å². The molecule has 214 valence electrons. The number of ether oxygens (including phenoxy) is 1. The number of benzene rings is 1. The summed E-state index contributed by atoms with van der Waals surface area (Å²) in [6, 6.07) is 8.47. The molecule has 0 saturated carbocycles. The number of furan rings is 1. The monoisotopic (exact) mass is 550 g/mol. The third-order valence-corrected chi connectivity index (χ3v) is 7.83. The normalized spacial score (nSPS) is 16.7. The molecular formula is C30H38N4O6. The second-order valence-electron chi connectivity index (χ2n) is 10.1. The standard InChI is InChI=1S/C28H32N4O6.C2H6/c1-4-18(20-9-8-16(2)38-20)30-21-22(24(34)23(21)33)31-19-7-5-6-17(25(19)37-3)26(35)32-14-11-28(12-15-32)10-13-29-27(28)36;1-2/h5-9,18,30-31H,4,10-15H2,1-3H3,(H,29,36);1-2H3/t18-;/m1./s1. The zero-order chi connectivity index (χ0) is 29.0. The largest absolute Gasteiger partial charge is 0.494 e. The molecule has 5 rings (SSSR count). The average Bonchev–Trinajstić information content (AvgIpc) is 3.58. The molecule has 2 fully saturated rings. The Balaban J connectivity index is 0.00000181. The third kappa shape index (κ3) is 5.22. The molecule has 10 nitrogen and oxygen atoms in total. The van der Waals surface area contributed by atoms with Crippen LogP contribution >= 0.6 is 0 Å². The van der Waals surface area contributed by atoms with Gasteiger partial charge in [-0.1, -0.05) is 26.8 Å². The molecule has 40 heavy (non-hydrogen) atoms. The number of rotatable bonds is 8. The summed E-state index contributed by atoms with van der Waals surface area (Å²) in [5.74, 6) is 1.58.